The van der Waals surface area contributed by atoms with Gasteiger partial charge in [-0.25, -0.2) is 0 Å². The molecule has 0 aliphatic rings. The van der Waals surface area contributed by atoms with Crippen LogP contribution in [0.4, 0.5) is 0 Å². The van der Waals surface area contributed by atoms with Crippen molar-refractivity contribution in [2.24, 2.45) is 27.4 Å². The Balaban J connectivity index is 7.75. The van der Waals surface area contributed by atoms with Gasteiger partial charge in [0.25, 0.3) is 0 Å². The van der Waals surface area contributed by atoms with Gasteiger partial charge in [0.2, 0.25) is 35.4 Å². The van der Waals surface area contributed by atoms with E-state index in [1.807, 2.05) is 27.7 Å². The van der Waals surface area contributed by atoms with Crippen molar-refractivity contribution in [2.45, 2.75) is 254 Å². The van der Waals surface area contributed by atoms with Crippen LogP contribution in [0.15, 0.2) is 0 Å². The number of nitrogens with two attached hydrogens (primary N) is 1. The standard InChI is InChI=1S/C82H134Br9N7O28/c1-23-81(92,24-2)52-126-82(25-3,26-4)36-77(37-96-53(99)27-30-93-56(102)33-114-40-78(43-117-59(105)68(5,6)83,44-118-60(106)69(7,8)84)45-119-61(107)70(9,10)85,38-97-54(100)28-31-94-57(103)34-115-41-79(46-120-62(108)71(11,12)86,47-121-63(109)72(13,14)87)48-122-64(110)73(15,16)88)39-98-55(101)29-32-95-58(104)35-116-42-80(49-123-65(111)74(17,18)89,50-124-66(112)75(19,20)90)51-125-67(113)76(21,22)91/h23-52,92H2,1-22H3,(H,93,102)(H,94,103)(H,95,104)(H,96,99)(H,97,100)(H,98,101). The van der Waals surface area contributed by atoms with Gasteiger partial charge in [0.05, 0.1) is 48.3 Å². The Hall–Kier alpha value is -3.83. The molecule has 0 rings (SSSR count). The predicted octanol–water partition coefficient (Wildman–Crippen LogP) is 9.78. The molecule has 0 heterocycles. The van der Waals surface area contributed by atoms with Gasteiger partial charge in [-0.3, -0.25) is 71.9 Å². The Morgan fingerprint density at radius 1 is 0.246 bits per heavy atom. The fraction of sp³-hybridized carbons (Fsp3) is 0.817. The summed E-state index contributed by atoms with van der Waals surface area (Å²) in [6.07, 6.45) is 0.667. The molecular weight excluding hydrogens is 2250 g/mol. The fourth-order valence-electron chi connectivity index (χ4n) is 10.1. The number of nitrogens with one attached hydrogen (secondary N) is 6. The Kier molecular flexibility index (Phi) is 52.3. The summed E-state index contributed by atoms with van der Waals surface area (Å²) < 4.78 is 64.7. The number of carbonyl (C=O) groups is 15. The third-order valence-electron chi connectivity index (χ3n) is 18.9. The number of alkyl halides is 9. The summed E-state index contributed by atoms with van der Waals surface area (Å²) in [5.74, 6) is -10.6. The second-order valence-corrected chi connectivity index (χ2v) is 53.8. The monoisotopic (exact) mass is 2380 g/mol. The molecule has 0 aliphatic carbocycles. The first kappa shape index (κ1) is 122. The Morgan fingerprint density at radius 3 is 0.587 bits per heavy atom. The summed E-state index contributed by atoms with van der Waals surface area (Å²) >= 11 is 29.4. The van der Waals surface area contributed by atoms with Crippen LogP contribution in [0, 0.1) is 21.7 Å². The number of carbonyl (C=O) groups excluding carboxylic acids is 15. The smallest absolute Gasteiger partial charge is 0.322 e. The highest BCUT2D eigenvalue weighted by atomic mass is 79.9. The number of esters is 9. The minimum absolute atomic E-state index is 0.0195. The van der Waals surface area contributed by atoms with Gasteiger partial charge >= 0.3 is 53.7 Å². The van der Waals surface area contributed by atoms with Crippen LogP contribution in [0.5, 0.6) is 0 Å². The molecule has 35 nitrogen and oxygen atoms in total. The third-order valence-corrected chi connectivity index (χ3v) is 21.9. The molecule has 8 N–H and O–H groups in total. The molecule has 0 aliphatic heterocycles. The van der Waals surface area contributed by atoms with Crippen LogP contribution >= 0.6 is 143 Å². The van der Waals surface area contributed by atoms with E-state index in [4.69, 9.17) is 67.3 Å². The average Bonchev–Trinajstić information content (AvgIpc) is 0.824. The van der Waals surface area contributed by atoms with E-state index in [1.165, 1.54) is 125 Å². The molecule has 728 valence electrons. The number of hydrogen-bond acceptors (Lipinski definition) is 29. The predicted molar refractivity (Wildman–Crippen MR) is 501 cm³/mol. The topological polar surface area (TPSA) is 474 Å². The van der Waals surface area contributed by atoms with Crippen LogP contribution in [-0.2, 0) is 133 Å². The van der Waals surface area contributed by atoms with Crippen molar-refractivity contribution >= 4 is 233 Å². The zero-order valence-electron chi connectivity index (χ0n) is 76.6. The number of ether oxygens (including phenoxy) is 13. The molecule has 0 unspecified atom stereocenters. The fourth-order valence-corrected chi connectivity index (χ4v) is 11.2. The van der Waals surface area contributed by atoms with Crippen molar-refractivity contribution in [3.63, 3.8) is 0 Å². The maximum Gasteiger partial charge on any atom is 0.322 e. The van der Waals surface area contributed by atoms with E-state index in [1.54, 1.807) is 0 Å². The molecule has 0 spiro atoms. The minimum atomic E-state index is -1.58. The van der Waals surface area contributed by atoms with Crippen LogP contribution in [0.25, 0.3) is 0 Å². The Bertz CT molecular complexity index is 3050. The number of rotatable bonds is 63. The maximum atomic E-state index is 14.3. The molecule has 6 amide bonds. The first-order valence-corrected chi connectivity index (χ1v) is 47.9. The third kappa shape index (κ3) is 49.2. The second-order valence-electron chi connectivity index (χ2n) is 36.0. The Labute approximate surface area is 817 Å². The molecule has 0 bridgehead atoms. The van der Waals surface area contributed by atoms with Crippen molar-refractivity contribution in [3.8, 4) is 0 Å². The average molecular weight is 2390 g/mol. The highest BCUT2D eigenvalue weighted by Crippen LogP contribution is 2.38. The summed E-state index contributed by atoms with van der Waals surface area (Å²) in [6.45, 7) is 25.5. The van der Waals surface area contributed by atoms with Gasteiger partial charge < -0.3 is 99.2 Å². The van der Waals surface area contributed by atoms with Gasteiger partial charge in [-0.2, -0.15) is 0 Å². The van der Waals surface area contributed by atoms with E-state index >= 15 is 0 Å². The van der Waals surface area contributed by atoms with Gasteiger partial charge in [0, 0.05) is 69.5 Å². The molecule has 0 atom stereocenters. The van der Waals surface area contributed by atoms with Crippen molar-refractivity contribution in [1.82, 2.24) is 31.9 Å². The molecule has 44 heteroatoms. The lowest BCUT2D eigenvalue weighted by Crippen LogP contribution is -2.56. The van der Waals surface area contributed by atoms with Crippen molar-refractivity contribution in [1.29, 1.82) is 0 Å². The van der Waals surface area contributed by atoms with Crippen LogP contribution in [0.1, 0.15) is 204 Å². The summed E-state index contributed by atoms with van der Waals surface area (Å²) in [4.78, 5) is 202. The lowest BCUT2D eigenvalue weighted by molar-refractivity contribution is -0.172. The number of amides is 6. The first-order chi connectivity index (χ1) is 57.3. The van der Waals surface area contributed by atoms with Crippen LogP contribution < -0.4 is 37.6 Å². The van der Waals surface area contributed by atoms with Crippen LogP contribution in [0.3, 0.4) is 0 Å². The SMILES string of the molecule is CCC(N)(CC)COC(CC)(CC)CC(CNC(=O)CCNC(=O)COCC(COC(=O)C(C)(C)Br)(COC(=O)C(C)(C)Br)COC(=O)C(C)(C)Br)(CNC(=O)CCNC(=O)COCC(COC(=O)C(C)(C)Br)(COC(=O)C(C)(C)Br)COC(=O)C(C)(C)Br)CNC(=O)CCNC(=O)COCC(COC(=O)C(C)(C)Br)(COC(=O)C(C)(C)Br)COC(=O)C(C)(C)Br. The summed E-state index contributed by atoms with van der Waals surface area (Å²) in [6, 6.07) is 0. The van der Waals surface area contributed by atoms with Crippen molar-refractivity contribution in [2.75, 3.05) is 145 Å². The van der Waals surface area contributed by atoms with E-state index in [-0.39, 0.29) is 71.6 Å². The van der Waals surface area contributed by atoms with Crippen molar-refractivity contribution in [3.05, 3.63) is 0 Å². The second kappa shape index (κ2) is 53.9. The van der Waals surface area contributed by atoms with E-state index in [2.05, 4.69) is 175 Å². The lowest BCUT2D eigenvalue weighted by atomic mass is 9.74. The highest BCUT2D eigenvalue weighted by Gasteiger charge is 2.47. The van der Waals surface area contributed by atoms with Gasteiger partial charge in [0.15, 0.2) is 0 Å². The molecule has 0 saturated carbocycles. The van der Waals surface area contributed by atoms with E-state index in [9.17, 15) is 71.9 Å². The molecule has 0 saturated heterocycles. The minimum Gasteiger partial charge on any atom is -0.464 e. The summed E-state index contributed by atoms with van der Waals surface area (Å²) in [5.41, 5.74) is -1.14. The highest BCUT2D eigenvalue weighted by molar-refractivity contribution is 9.11. The number of hydrogen-bond donors (Lipinski definition) is 7. The van der Waals surface area contributed by atoms with Gasteiger partial charge in [-0.1, -0.05) is 171 Å². The molecule has 0 fully saturated rings. The molecular formula is C82H134Br9N7O28. The maximum absolute atomic E-state index is 14.3. The molecule has 0 aromatic rings. The lowest BCUT2D eigenvalue weighted by Gasteiger charge is -2.44. The van der Waals surface area contributed by atoms with E-state index in [0.717, 1.165) is 0 Å². The van der Waals surface area contributed by atoms with Gasteiger partial charge in [0.1, 0.15) is 118 Å². The van der Waals surface area contributed by atoms with Crippen LogP contribution in [0.2, 0.25) is 0 Å². The molecule has 0 aromatic heterocycles. The van der Waals surface area contributed by atoms with Crippen molar-refractivity contribution < 1.29 is 133 Å². The molecule has 0 aromatic carbocycles. The zero-order valence-corrected chi connectivity index (χ0v) is 90.9. The van der Waals surface area contributed by atoms with E-state index in [0.29, 0.717) is 25.7 Å². The normalized spacial score (nSPS) is 13.0. The van der Waals surface area contributed by atoms with E-state index < -0.39 is 260 Å². The molecule has 0 radical (unpaired) electrons. The Morgan fingerprint density at radius 2 is 0.429 bits per heavy atom. The summed E-state index contributed by atoms with van der Waals surface area (Å²) in [5, 5.41) is 16.7. The first-order valence-electron chi connectivity index (χ1n) is 40.8. The van der Waals surface area contributed by atoms with Crippen LogP contribution in [-0.4, -0.2) is 284 Å². The molecule has 126 heavy (non-hydrogen) atoms. The summed E-state index contributed by atoms with van der Waals surface area (Å²) in [7, 11) is 0. The van der Waals surface area contributed by atoms with Gasteiger partial charge in [-0.15, -0.1) is 0 Å². The quantitative estimate of drug-likeness (QED) is 0.0169. The zero-order chi connectivity index (χ0) is 97.8. The van der Waals surface area contributed by atoms with Gasteiger partial charge in [-0.05, 0) is 157 Å². The number of halogens is 9. The largest absolute Gasteiger partial charge is 0.464 e.